The van der Waals surface area contributed by atoms with Crippen molar-refractivity contribution in [1.82, 2.24) is 0 Å². The minimum Gasteiger partial charge on any atom is -0.382 e. The van der Waals surface area contributed by atoms with E-state index in [2.05, 4.69) is 38.2 Å². The van der Waals surface area contributed by atoms with E-state index in [4.69, 9.17) is 0 Å². The molecule has 104 valence electrons. The highest BCUT2D eigenvalue weighted by atomic mass is 16.2. The first-order valence-electron chi connectivity index (χ1n) is 7.28. The molecule has 1 N–H and O–H groups in total. The van der Waals surface area contributed by atoms with Crippen LogP contribution in [0.1, 0.15) is 40.0 Å². The third-order valence-corrected chi connectivity index (χ3v) is 4.12. The minimum absolute atomic E-state index is 0.243. The molecule has 0 radical (unpaired) electrons. The summed E-state index contributed by atoms with van der Waals surface area (Å²) in [6.07, 6.45) is 2.82. The molecule has 0 bridgehead atoms. The van der Waals surface area contributed by atoms with Gasteiger partial charge in [0.05, 0.1) is 0 Å². The second kappa shape index (κ2) is 6.09. The van der Waals surface area contributed by atoms with Crippen molar-refractivity contribution >= 4 is 17.3 Å². The largest absolute Gasteiger partial charge is 0.382 e. The molecule has 0 aliphatic carbocycles. The van der Waals surface area contributed by atoms with E-state index in [0.29, 0.717) is 18.4 Å². The van der Waals surface area contributed by atoms with Crippen LogP contribution in [0.25, 0.3) is 0 Å². The number of amides is 1. The number of anilines is 2. The maximum absolute atomic E-state index is 11.8. The lowest BCUT2D eigenvalue weighted by Crippen LogP contribution is -2.25. The number of benzene rings is 1. The molecule has 1 fully saturated rings. The fraction of sp³-hybridized carbons (Fsp3) is 0.562. The van der Waals surface area contributed by atoms with Gasteiger partial charge in [-0.3, -0.25) is 4.79 Å². The quantitative estimate of drug-likeness (QED) is 0.876. The SMILES string of the molecule is CCC(C)C(C)Nc1cccc(N2CCCC2=O)c1. The molecule has 3 nitrogen and oxygen atoms in total. The van der Waals surface area contributed by atoms with Crippen LogP contribution in [0, 0.1) is 5.92 Å². The second-order valence-electron chi connectivity index (χ2n) is 5.52. The fourth-order valence-corrected chi connectivity index (χ4v) is 2.44. The molecule has 0 saturated carbocycles. The highest BCUT2D eigenvalue weighted by Gasteiger charge is 2.21. The molecular formula is C16H24N2O. The van der Waals surface area contributed by atoms with Gasteiger partial charge in [-0.2, -0.15) is 0 Å². The summed E-state index contributed by atoms with van der Waals surface area (Å²) in [5.41, 5.74) is 2.12. The Morgan fingerprint density at radius 2 is 2.16 bits per heavy atom. The summed E-state index contributed by atoms with van der Waals surface area (Å²) in [4.78, 5) is 13.7. The van der Waals surface area contributed by atoms with Crippen LogP contribution in [0.2, 0.25) is 0 Å². The van der Waals surface area contributed by atoms with Gasteiger partial charge in [0.25, 0.3) is 0 Å². The van der Waals surface area contributed by atoms with E-state index in [0.717, 1.165) is 24.3 Å². The molecule has 1 heterocycles. The lowest BCUT2D eigenvalue weighted by Gasteiger charge is -2.22. The first-order valence-corrected chi connectivity index (χ1v) is 7.28. The van der Waals surface area contributed by atoms with Crippen molar-refractivity contribution in [2.45, 2.75) is 46.1 Å². The monoisotopic (exact) mass is 260 g/mol. The van der Waals surface area contributed by atoms with Gasteiger partial charge in [-0.05, 0) is 37.5 Å². The van der Waals surface area contributed by atoms with Crippen LogP contribution >= 0.6 is 0 Å². The lowest BCUT2D eigenvalue weighted by atomic mass is 10.0. The zero-order chi connectivity index (χ0) is 13.8. The van der Waals surface area contributed by atoms with Crippen LogP contribution in [0.4, 0.5) is 11.4 Å². The average molecular weight is 260 g/mol. The van der Waals surface area contributed by atoms with Gasteiger partial charge in [-0.15, -0.1) is 0 Å². The van der Waals surface area contributed by atoms with Gasteiger partial charge in [-0.1, -0.05) is 26.3 Å². The van der Waals surface area contributed by atoms with Gasteiger partial charge in [0, 0.05) is 30.4 Å². The van der Waals surface area contributed by atoms with Crippen LogP contribution in [0.3, 0.4) is 0 Å². The zero-order valence-corrected chi connectivity index (χ0v) is 12.1. The highest BCUT2D eigenvalue weighted by molar-refractivity contribution is 5.95. The van der Waals surface area contributed by atoms with E-state index in [9.17, 15) is 4.79 Å². The first-order chi connectivity index (χ1) is 9.11. The van der Waals surface area contributed by atoms with Gasteiger partial charge in [0.1, 0.15) is 0 Å². The number of hydrogen-bond acceptors (Lipinski definition) is 2. The van der Waals surface area contributed by atoms with Crippen molar-refractivity contribution in [3.05, 3.63) is 24.3 Å². The summed E-state index contributed by atoms with van der Waals surface area (Å²) >= 11 is 0. The summed E-state index contributed by atoms with van der Waals surface area (Å²) in [5, 5.41) is 3.53. The average Bonchev–Trinajstić information content (AvgIpc) is 2.84. The number of nitrogens with one attached hydrogen (secondary N) is 1. The van der Waals surface area contributed by atoms with E-state index >= 15 is 0 Å². The molecule has 1 aromatic carbocycles. The normalized spacial score (nSPS) is 18.5. The summed E-state index contributed by atoms with van der Waals surface area (Å²) in [5.74, 6) is 0.879. The van der Waals surface area contributed by atoms with Crippen LogP contribution in [0.15, 0.2) is 24.3 Å². The Hall–Kier alpha value is -1.51. The summed E-state index contributed by atoms with van der Waals surface area (Å²) in [7, 11) is 0. The molecule has 2 rings (SSSR count). The van der Waals surface area contributed by atoms with Crippen molar-refractivity contribution in [1.29, 1.82) is 0 Å². The van der Waals surface area contributed by atoms with Crippen LogP contribution in [-0.2, 0) is 4.79 Å². The van der Waals surface area contributed by atoms with Crippen molar-refractivity contribution in [3.8, 4) is 0 Å². The van der Waals surface area contributed by atoms with E-state index < -0.39 is 0 Å². The molecule has 0 spiro atoms. The standard InChI is InChI=1S/C16H24N2O/c1-4-12(2)13(3)17-14-7-5-8-15(11-14)18-10-6-9-16(18)19/h5,7-8,11-13,17H,4,6,9-10H2,1-3H3. The molecule has 1 amide bonds. The minimum atomic E-state index is 0.243. The van der Waals surface area contributed by atoms with Gasteiger partial charge in [-0.25, -0.2) is 0 Å². The Morgan fingerprint density at radius 3 is 2.79 bits per heavy atom. The molecule has 0 aromatic heterocycles. The van der Waals surface area contributed by atoms with Crippen molar-refractivity contribution in [2.75, 3.05) is 16.8 Å². The predicted octanol–water partition coefficient (Wildman–Crippen LogP) is 3.66. The van der Waals surface area contributed by atoms with Crippen molar-refractivity contribution in [2.24, 2.45) is 5.92 Å². The Labute approximate surface area is 116 Å². The van der Waals surface area contributed by atoms with Gasteiger partial charge >= 0.3 is 0 Å². The molecule has 1 aliphatic heterocycles. The summed E-state index contributed by atoms with van der Waals surface area (Å²) in [6.45, 7) is 7.53. The van der Waals surface area contributed by atoms with E-state index in [1.54, 1.807) is 0 Å². The number of hydrogen-bond donors (Lipinski definition) is 1. The van der Waals surface area contributed by atoms with Crippen LogP contribution in [0.5, 0.6) is 0 Å². The Morgan fingerprint density at radius 1 is 1.37 bits per heavy atom. The van der Waals surface area contributed by atoms with E-state index in [1.807, 2.05) is 17.0 Å². The molecule has 1 aliphatic rings. The second-order valence-corrected chi connectivity index (χ2v) is 5.52. The van der Waals surface area contributed by atoms with Gasteiger partial charge in [0.15, 0.2) is 0 Å². The van der Waals surface area contributed by atoms with Crippen molar-refractivity contribution < 1.29 is 4.79 Å². The third-order valence-electron chi connectivity index (χ3n) is 4.12. The number of rotatable bonds is 5. The van der Waals surface area contributed by atoms with Gasteiger partial charge < -0.3 is 10.2 Å². The molecular weight excluding hydrogens is 236 g/mol. The fourth-order valence-electron chi connectivity index (χ4n) is 2.44. The Bertz CT molecular complexity index is 444. The van der Waals surface area contributed by atoms with E-state index in [1.165, 1.54) is 6.42 Å². The topological polar surface area (TPSA) is 32.3 Å². The Balaban J connectivity index is 2.09. The smallest absolute Gasteiger partial charge is 0.227 e. The Kier molecular flexibility index (Phi) is 4.46. The van der Waals surface area contributed by atoms with Crippen LogP contribution < -0.4 is 10.2 Å². The highest BCUT2D eigenvalue weighted by Crippen LogP contribution is 2.25. The number of carbonyl (C=O) groups is 1. The maximum atomic E-state index is 11.8. The third kappa shape index (κ3) is 3.28. The molecule has 2 unspecified atom stereocenters. The molecule has 19 heavy (non-hydrogen) atoms. The molecule has 1 saturated heterocycles. The van der Waals surface area contributed by atoms with Crippen molar-refractivity contribution in [3.63, 3.8) is 0 Å². The summed E-state index contributed by atoms with van der Waals surface area (Å²) in [6, 6.07) is 8.63. The molecule has 2 atom stereocenters. The predicted molar refractivity (Wildman–Crippen MR) is 80.6 cm³/mol. The number of carbonyl (C=O) groups excluding carboxylic acids is 1. The first kappa shape index (κ1) is 13.9. The molecule has 3 heteroatoms. The van der Waals surface area contributed by atoms with Gasteiger partial charge in [0.2, 0.25) is 5.91 Å². The number of nitrogens with zero attached hydrogens (tertiary/aromatic N) is 1. The molecule has 1 aromatic rings. The van der Waals surface area contributed by atoms with E-state index in [-0.39, 0.29) is 5.91 Å². The lowest BCUT2D eigenvalue weighted by molar-refractivity contribution is -0.117. The maximum Gasteiger partial charge on any atom is 0.227 e. The van der Waals surface area contributed by atoms with Crippen LogP contribution in [-0.4, -0.2) is 18.5 Å². The summed E-state index contributed by atoms with van der Waals surface area (Å²) < 4.78 is 0. The zero-order valence-electron chi connectivity index (χ0n) is 12.1.